The lowest BCUT2D eigenvalue weighted by Crippen LogP contribution is -2.25. The van der Waals surface area contributed by atoms with Gasteiger partial charge in [-0.05, 0) is 17.5 Å². The van der Waals surface area contributed by atoms with Crippen molar-refractivity contribution < 1.29 is 4.79 Å². The summed E-state index contributed by atoms with van der Waals surface area (Å²) in [7, 11) is 0. The lowest BCUT2D eigenvalue weighted by Gasteiger charge is -2.22. The van der Waals surface area contributed by atoms with Crippen LogP contribution in [0.15, 0.2) is 90.3 Å². The first kappa shape index (κ1) is 19.1. The Morgan fingerprint density at radius 1 is 0.828 bits per heavy atom. The van der Waals surface area contributed by atoms with Crippen LogP contribution in [0.25, 0.3) is 11.3 Å². The van der Waals surface area contributed by atoms with Crippen molar-refractivity contribution in [1.29, 1.82) is 0 Å². The van der Waals surface area contributed by atoms with Gasteiger partial charge in [-0.15, -0.1) is 11.3 Å². The molecule has 0 atom stereocenters. The third-order valence-electron chi connectivity index (χ3n) is 4.83. The van der Waals surface area contributed by atoms with E-state index in [1.807, 2.05) is 48.5 Å². The summed E-state index contributed by atoms with van der Waals surface area (Å²) in [5.74, 6) is 0. The zero-order chi connectivity index (χ0) is 19.9. The predicted molar refractivity (Wildman–Crippen MR) is 121 cm³/mol. The molecule has 1 aromatic heterocycles. The minimum Gasteiger partial charge on any atom is -0.343 e. The molecular formula is C25H22N2OS. The molecule has 144 valence electrons. The highest BCUT2D eigenvalue weighted by molar-refractivity contribution is 7.14. The molecule has 0 unspecified atom stereocenters. The number of anilines is 1. The summed E-state index contributed by atoms with van der Waals surface area (Å²) in [5, 5.41) is 3.13. The Morgan fingerprint density at radius 3 is 2.21 bits per heavy atom. The van der Waals surface area contributed by atoms with Crippen LogP contribution in [0.1, 0.15) is 21.5 Å². The average molecular weight is 399 g/mol. The van der Waals surface area contributed by atoms with Crippen LogP contribution in [0.3, 0.4) is 0 Å². The molecule has 0 amide bonds. The highest BCUT2D eigenvalue weighted by Crippen LogP contribution is 2.28. The zero-order valence-electron chi connectivity index (χ0n) is 16.1. The van der Waals surface area contributed by atoms with Gasteiger partial charge in [0.25, 0.3) is 0 Å². The molecule has 0 bridgehead atoms. The maximum Gasteiger partial charge on any atom is 0.186 e. The van der Waals surface area contributed by atoms with E-state index in [4.69, 9.17) is 4.98 Å². The van der Waals surface area contributed by atoms with Gasteiger partial charge in [0.05, 0.1) is 5.69 Å². The topological polar surface area (TPSA) is 33.2 Å². The van der Waals surface area contributed by atoms with Gasteiger partial charge in [-0.2, -0.15) is 0 Å². The summed E-state index contributed by atoms with van der Waals surface area (Å²) in [6.45, 7) is 1.63. The van der Waals surface area contributed by atoms with Crippen LogP contribution >= 0.6 is 11.3 Å². The standard InChI is InChI=1S/C25H22N2OS/c28-18-22-13-11-21(12-14-22)17-27(16-15-20-7-3-1-4-8-20)25-26-24(19-29-25)23-9-5-2-6-10-23/h1-14,18-19H,15-17H2. The smallest absolute Gasteiger partial charge is 0.186 e. The molecule has 0 saturated carbocycles. The molecule has 0 aliphatic rings. The Kier molecular flexibility index (Phi) is 6.13. The Hall–Kier alpha value is -3.24. The second-order valence-electron chi connectivity index (χ2n) is 6.90. The fourth-order valence-corrected chi connectivity index (χ4v) is 4.09. The van der Waals surface area contributed by atoms with E-state index in [0.29, 0.717) is 5.56 Å². The molecule has 4 heteroatoms. The quantitative estimate of drug-likeness (QED) is 0.348. The summed E-state index contributed by atoms with van der Waals surface area (Å²) in [6.07, 6.45) is 1.83. The molecule has 4 aromatic rings. The van der Waals surface area contributed by atoms with Gasteiger partial charge in [0.2, 0.25) is 0 Å². The van der Waals surface area contributed by atoms with E-state index in [0.717, 1.165) is 42.2 Å². The third kappa shape index (κ3) is 4.98. The second kappa shape index (κ2) is 9.30. The zero-order valence-corrected chi connectivity index (χ0v) is 16.9. The largest absolute Gasteiger partial charge is 0.343 e. The van der Waals surface area contributed by atoms with Gasteiger partial charge in [0, 0.05) is 29.6 Å². The Labute approximate surface area is 175 Å². The van der Waals surface area contributed by atoms with Crippen LogP contribution in [-0.4, -0.2) is 17.8 Å². The van der Waals surface area contributed by atoms with Crippen molar-refractivity contribution in [3.8, 4) is 11.3 Å². The minimum absolute atomic E-state index is 0.699. The number of hydrogen-bond donors (Lipinski definition) is 0. The first-order chi connectivity index (χ1) is 14.3. The number of hydrogen-bond acceptors (Lipinski definition) is 4. The number of rotatable bonds is 8. The molecule has 0 N–H and O–H groups in total. The van der Waals surface area contributed by atoms with E-state index in [1.165, 1.54) is 11.1 Å². The molecule has 3 aromatic carbocycles. The molecule has 0 aliphatic heterocycles. The molecule has 29 heavy (non-hydrogen) atoms. The van der Waals surface area contributed by atoms with Gasteiger partial charge in [0.1, 0.15) is 6.29 Å². The van der Waals surface area contributed by atoms with Crippen LogP contribution in [0.4, 0.5) is 5.13 Å². The van der Waals surface area contributed by atoms with Crippen molar-refractivity contribution in [3.63, 3.8) is 0 Å². The summed E-state index contributed by atoms with van der Waals surface area (Å²) >= 11 is 1.67. The molecule has 0 fully saturated rings. The van der Waals surface area contributed by atoms with Crippen LogP contribution in [0.2, 0.25) is 0 Å². The average Bonchev–Trinajstić information content (AvgIpc) is 3.28. The van der Waals surface area contributed by atoms with E-state index in [1.54, 1.807) is 11.3 Å². The van der Waals surface area contributed by atoms with E-state index in [2.05, 4.69) is 46.7 Å². The van der Waals surface area contributed by atoms with Gasteiger partial charge in [-0.25, -0.2) is 4.98 Å². The Bertz CT molecular complexity index is 1040. The number of benzene rings is 3. The minimum atomic E-state index is 0.699. The van der Waals surface area contributed by atoms with Crippen molar-refractivity contribution in [2.45, 2.75) is 13.0 Å². The highest BCUT2D eigenvalue weighted by atomic mass is 32.1. The fraction of sp³-hybridized carbons (Fsp3) is 0.120. The Morgan fingerprint density at radius 2 is 1.52 bits per heavy atom. The summed E-state index contributed by atoms with van der Waals surface area (Å²) < 4.78 is 0. The van der Waals surface area contributed by atoms with Crippen LogP contribution in [-0.2, 0) is 13.0 Å². The fourth-order valence-electron chi connectivity index (χ4n) is 3.22. The maximum atomic E-state index is 10.9. The number of aldehydes is 1. The van der Waals surface area contributed by atoms with Crippen LogP contribution < -0.4 is 4.90 Å². The van der Waals surface area contributed by atoms with Gasteiger partial charge < -0.3 is 4.90 Å². The number of thiazole rings is 1. The molecule has 1 heterocycles. The predicted octanol–water partition coefficient (Wildman–Crippen LogP) is 5.87. The summed E-state index contributed by atoms with van der Waals surface area (Å²) in [6, 6.07) is 28.6. The second-order valence-corrected chi connectivity index (χ2v) is 7.73. The molecule has 0 saturated heterocycles. The van der Waals surface area contributed by atoms with Crippen LogP contribution in [0.5, 0.6) is 0 Å². The number of carbonyl (C=O) groups excluding carboxylic acids is 1. The first-order valence-corrected chi connectivity index (χ1v) is 10.5. The van der Waals surface area contributed by atoms with Crippen molar-refractivity contribution in [3.05, 3.63) is 107 Å². The first-order valence-electron chi connectivity index (χ1n) is 9.66. The SMILES string of the molecule is O=Cc1ccc(CN(CCc2ccccc2)c2nc(-c3ccccc3)cs2)cc1. The van der Waals surface area contributed by atoms with E-state index < -0.39 is 0 Å². The maximum absolute atomic E-state index is 10.9. The van der Waals surface area contributed by atoms with E-state index in [9.17, 15) is 4.79 Å². The number of carbonyl (C=O) groups is 1. The highest BCUT2D eigenvalue weighted by Gasteiger charge is 2.13. The van der Waals surface area contributed by atoms with E-state index >= 15 is 0 Å². The monoisotopic (exact) mass is 398 g/mol. The van der Waals surface area contributed by atoms with Gasteiger partial charge in [-0.3, -0.25) is 4.79 Å². The number of aromatic nitrogens is 1. The molecule has 0 radical (unpaired) electrons. The third-order valence-corrected chi connectivity index (χ3v) is 5.74. The molecule has 3 nitrogen and oxygen atoms in total. The van der Waals surface area contributed by atoms with Crippen molar-refractivity contribution in [2.24, 2.45) is 0 Å². The van der Waals surface area contributed by atoms with E-state index in [-0.39, 0.29) is 0 Å². The summed E-state index contributed by atoms with van der Waals surface area (Å²) in [5.41, 5.74) is 5.32. The lowest BCUT2D eigenvalue weighted by molar-refractivity contribution is 0.112. The Balaban J connectivity index is 1.56. The normalized spacial score (nSPS) is 10.6. The molecule has 0 aliphatic carbocycles. The van der Waals surface area contributed by atoms with Gasteiger partial charge >= 0.3 is 0 Å². The van der Waals surface area contributed by atoms with Crippen molar-refractivity contribution >= 4 is 22.8 Å². The summed E-state index contributed by atoms with van der Waals surface area (Å²) in [4.78, 5) is 18.2. The van der Waals surface area contributed by atoms with Crippen molar-refractivity contribution in [1.82, 2.24) is 4.98 Å². The molecule has 4 rings (SSSR count). The lowest BCUT2D eigenvalue weighted by atomic mass is 10.1. The molecule has 0 spiro atoms. The van der Waals surface area contributed by atoms with Crippen molar-refractivity contribution in [2.75, 3.05) is 11.4 Å². The number of nitrogens with zero attached hydrogens (tertiary/aromatic N) is 2. The molecular weight excluding hydrogens is 376 g/mol. The van der Waals surface area contributed by atoms with Crippen LogP contribution in [0, 0.1) is 0 Å². The van der Waals surface area contributed by atoms with Gasteiger partial charge in [0.15, 0.2) is 5.13 Å². The van der Waals surface area contributed by atoms with Gasteiger partial charge in [-0.1, -0.05) is 84.9 Å².